The number of amides is 1. The van der Waals surface area contributed by atoms with Crippen LogP contribution in [0.3, 0.4) is 0 Å². The van der Waals surface area contributed by atoms with Crippen LogP contribution in [-0.2, 0) is 14.6 Å². The molecule has 3 fully saturated rings. The zero-order valence-corrected chi connectivity index (χ0v) is 24.1. The molecule has 0 radical (unpaired) electrons. The number of hydrogen-bond donors (Lipinski definition) is 1. The Labute approximate surface area is 241 Å². The molecule has 1 N–H and O–H groups in total. The number of anilines is 1. The van der Waals surface area contributed by atoms with Crippen LogP contribution in [0.1, 0.15) is 50.1 Å². The molecule has 1 aliphatic heterocycles. The molecule has 9 nitrogen and oxygen atoms in total. The Kier molecular flexibility index (Phi) is 7.24. The number of carbonyl (C=O) groups is 1. The van der Waals surface area contributed by atoms with Crippen molar-refractivity contribution < 1.29 is 17.9 Å². The van der Waals surface area contributed by atoms with Crippen molar-refractivity contribution in [1.29, 1.82) is 5.26 Å². The van der Waals surface area contributed by atoms with Crippen molar-refractivity contribution in [2.45, 2.75) is 50.0 Å². The maximum atomic E-state index is 13.5. The molecule has 2 aliphatic carbocycles. The Morgan fingerprint density at radius 2 is 1.80 bits per heavy atom. The quantitative estimate of drug-likeness (QED) is 0.450. The molecule has 2 saturated carbocycles. The minimum absolute atomic E-state index is 0.0500. The van der Waals surface area contributed by atoms with Gasteiger partial charge in [-0.3, -0.25) is 4.79 Å². The van der Waals surface area contributed by atoms with Gasteiger partial charge in [0.25, 0.3) is 0 Å². The van der Waals surface area contributed by atoms with Crippen LogP contribution < -0.4 is 15.0 Å². The highest BCUT2D eigenvalue weighted by molar-refractivity contribution is 7.91. The zero-order valence-electron chi connectivity index (χ0n) is 23.3. The van der Waals surface area contributed by atoms with Crippen molar-refractivity contribution in [2.75, 3.05) is 36.6 Å². The van der Waals surface area contributed by atoms with Crippen LogP contribution in [0.2, 0.25) is 0 Å². The van der Waals surface area contributed by atoms with Crippen LogP contribution >= 0.6 is 0 Å². The molecule has 3 aliphatic rings. The van der Waals surface area contributed by atoms with E-state index in [2.05, 4.69) is 28.4 Å². The van der Waals surface area contributed by atoms with Crippen molar-refractivity contribution in [3.63, 3.8) is 0 Å². The van der Waals surface area contributed by atoms with Crippen molar-refractivity contribution in [2.24, 2.45) is 5.92 Å². The molecular formula is C31H35N5O4S. The molecule has 10 heteroatoms. The number of aromatic nitrogens is 2. The molecule has 1 aromatic heterocycles. The molecule has 0 spiro atoms. The number of methoxy groups -OCH3 is 1. The summed E-state index contributed by atoms with van der Waals surface area (Å²) in [4.78, 5) is 15.6. The van der Waals surface area contributed by atoms with Gasteiger partial charge in [-0.2, -0.15) is 10.4 Å². The van der Waals surface area contributed by atoms with Crippen LogP contribution in [0.15, 0.2) is 54.7 Å². The van der Waals surface area contributed by atoms with E-state index in [1.807, 2.05) is 47.3 Å². The van der Waals surface area contributed by atoms with Crippen LogP contribution in [0.25, 0.3) is 16.8 Å². The van der Waals surface area contributed by atoms with E-state index in [0.717, 1.165) is 59.6 Å². The lowest BCUT2D eigenvalue weighted by Gasteiger charge is -2.31. The lowest BCUT2D eigenvalue weighted by Crippen LogP contribution is -2.42. The summed E-state index contributed by atoms with van der Waals surface area (Å²) in [6.45, 7) is 0.980. The molecule has 2 unspecified atom stereocenters. The van der Waals surface area contributed by atoms with E-state index in [4.69, 9.17) is 9.84 Å². The van der Waals surface area contributed by atoms with E-state index in [9.17, 15) is 18.5 Å². The number of ether oxygens (including phenoxy) is 1. The fourth-order valence-electron chi connectivity index (χ4n) is 6.08. The minimum Gasteiger partial charge on any atom is -0.497 e. The topological polar surface area (TPSA) is 117 Å². The number of benzene rings is 2. The Balaban J connectivity index is 1.36. The molecule has 1 amide bonds. The van der Waals surface area contributed by atoms with Gasteiger partial charge in [0.1, 0.15) is 11.3 Å². The highest BCUT2D eigenvalue weighted by Gasteiger charge is 2.47. The van der Waals surface area contributed by atoms with E-state index < -0.39 is 15.4 Å². The SMILES string of the molecule is COc1cccc(-n2cc(-c3ccc(N4CCS(=O)(=O)CC4)cc3)c(C3CCCCC3C(=O)NC3(C#N)CC3)n2)c1. The third kappa shape index (κ3) is 5.68. The molecule has 41 heavy (non-hydrogen) atoms. The number of sulfone groups is 1. The molecule has 6 rings (SSSR count). The van der Waals surface area contributed by atoms with Crippen LogP contribution in [0, 0.1) is 17.2 Å². The Hall–Kier alpha value is -3.84. The second-order valence-corrected chi connectivity index (χ2v) is 13.7. The molecule has 214 valence electrons. The third-order valence-corrected chi connectivity index (χ3v) is 10.3. The van der Waals surface area contributed by atoms with Gasteiger partial charge in [-0.25, -0.2) is 13.1 Å². The second-order valence-electron chi connectivity index (χ2n) is 11.4. The number of nitriles is 1. The van der Waals surface area contributed by atoms with E-state index >= 15 is 0 Å². The van der Waals surface area contributed by atoms with E-state index in [1.54, 1.807) is 7.11 Å². The summed E-state index contributed by atoms with van der Waals surface area (Å²) in [6.07, 6.45) is 7.03. The van der Waals surface area contributed by atoms with Gasteiger partial charge >= 0.3 is 0 Å². The number of carbonyl (C=O) groups excluding carboxylic acids is 1. The largest absolute Gasteiger partial charge is 0.497 e. The van der Waals surface area contributed by atoms with Crippen molar-refractivity contribution in [3.8, 4) is 28.6 Å². The summed E-state index contributed by atoms with van der Waals surface area (Å²) in [5, 5.41) is 17.7. The molecule has 2 heterocycles. The normalized spacial score (nSPS) is 22.9. The fourth-order valence-corrected chi connectivity index (χ4v) is 7.28. The first-order valence-corrected chi connectivity index (χ1v) is 16.1. The van der Waals surface area contributed by atoms with Gasteiger partial charge in [-0.15, -0.1) is 0 Å². The van der Waals surface area contributed by atoms with Gasteiger partial charge in [0, 0.05) is 48.4 Å². The average Bonchev–Trinajstić information content (AvgIpc) is 3.63. The van der Waals surface area contributed by atoms with Crippen LogP contribution in [0.4, 0.5) is 5.69 Å². The fraction of sp³-hybridized carbons (Fsp3) is 0.452. The molecule has 3 aromatic rings. The lowest BCUT2D eigenvalue weighted by atomic mass is 9.75. The smallest absolute Gasteiger partial charge is 0.225 e. The Morgan fingerprint density at radius 1 is 1.07 bits per heavy atom. The molecule has 0 bridgehead atoms. The van der Waals surface area contributed by atoms with Crippen LogP contribution in [-0.4, -0.2) is 61.3 Å². The second kappa shape index (κ2) is 10.9. The number of nitrogens with one attached hydrogen (secondary N) is 1. The Morgan fingerprint density at radius 3 is 2.49 bits per heavy atom. The van der Waals surface area contributed by atoms with Crippen molar-refractivity contribution in [3.05, 3.63) is 60.4 Å². The monoisotopic (exact) mass is 573 g/mol. The first-order chi connectivity index (χ1) is 19.8. The number of rotatable bonds is 7. The first kappa shape index (κ1) is 27.3. The molecule has 2 atom stereocenters. The summed E-state index contributed by atoms with van der Waals surface area (Å²) >= 11 is 0. The van der Waals surface area contributed by atoms with E-state index in [1.165, 1.54) is 0 Å². The summed E-state index contributed by atoms with van der Waals surface area (Å²) < 4.78 is 31.1. The minimum atomic E-state index is -2.96. The molecular weight excluding hydrogens is 538 g/mol. The van der Waals surface area contributed by atoms with Gasteiger partial charge < -0.3 is 15.0 Å². The molecule has 2 aromatic carbocycles. The standard InChI is InChI=1S/C31H35N5O4S/c1-40-25-6-4-5-24(19-25)36-20-28(22-9-11-23(12-10-22)35-15-17-41(38,39)18-16-35)29(34-36)26-7-2-3-8-27(26)30(37)33-31(21-32)13-14-31/h4-6,9-12,19-20,26-27H,2-3,7-8,13-18H2,1H3,(H,33,37). The van der Waals surface area contributed by atoms with E-state index in [0.29, 0.717) is 25.9 Å². The van der Waals surface area contributed by atoms with Gasteiger partial charge in [-0.1, -0.05) is 31.0 Å². The van der Waals surface area contributed by atoms with Gasteiger partial charge in [0.05, 0.1) is 36.1 Å². The number of nitrogens with zero attached hydrogens (tertiary/aromatic N) is 4. The maximum absolute atomic E-state index is 13.5. The average molecular weight is 574 g/mol. The van der Waals surface area contributed by atoms with E-state index in [-0.39, 0.29) is 29.2 Å². The summed E-state index contributed by atoms with van der Waals surface area (Å²) in [5.41, 5.74) is 3.99. The number of hydrogen-bond acceptors (Lipinski definition) is 7. The summed E-state index contributed by atoms with van der Waals surface area (Å²) in [6, 6.07) is 18.2. The van der Waals surface area contributed by atoms with Gasteiger partial charge in [0.15, 0.2) is 9.84 Å². The third-order valence-electron chi connectivity index (χ3n) is 8.73. The zero-order chi connectivity index (χ0) is 28.6. The highest BCUT2D eigenvalue weighted by Crippen LogP contribution is 2.43. The summed E-state index contributed by atoms with van der Waals surface area (Å²) in [7, 11) is -1.32. The lowest BCUT2D eigenvalue weighted by molar-refractivity contribution is -0.127. The van der Waals surface area contributed by atoms with Gasteiger partial charge in [-0.05, 0) is 55.5 Å². The first-order valence-electron chi connectivity index (χ1n) is 14.3. The molecule has 1 saturated heterocycles. The van der Waals surface area contributed by atoms with Crippen molar-refractivity contribution in [1.82, 2.24) is 15.1 Å². The predicted octanol–water partition coefficient (Wildman–Crippen LogP) is 4.23. The predicted molar refractivity (Wildman–Crippen MR) is 157 cm³/mol. The maximum Gasteiger partial charge on any atom is 0.225 e. The van der Waals surface area contributed by atoms with Crippen molar-refractivity contribution >= 4 is 21.4 Å². The van der Waals surface area contributed by atoms with Gasteiger partial charge in [0.2, 0.25) is 5.91 Å². The Bertz CT molecular complexity index is 1570. The summed E-state index contributed by atoms with van der Waals surface area (Å²) in [5.74, 6) is 0.694. The van der Waals surface area contributed by atoms with Crippen LogP contribution in [0.5, 0.6) is 5.75 Å². The highest BCUT2D eigenvalue weighted by atomic mass is 32.2.